The fraction of sp³-hybridized carbons (Fsp3) is 0.188. The lowest BCUT2D eigenvalue weighted by Crippen LogP contribution is -2.09. The van der Waals surface area contributed by atoms with Gasteiger partial charge in [0, 0.05) is 6.92 Å². The topological polar surface area (TPSA) is 89.3 Å². The highest BCUT2D eigenvalue weighted by Crippen LogP contribution is 2.27. The molecule has 2 aromatic carbocycles. The first kappa shape index (κ1) is 16.0. The Morgan fingerprint density at radius 1 is 1.09 bits per heavy atom. The molecule has 116 valence electrons. The Hall–Kier alpha value is -2.34. The van der Waals surface area contributed by atoms with Gasteiger partial charge < -0.3 is 11.1 Å². The maximum Gasteiger partial charge on any atom is 0.221 e. The van der Waals surface area contributed by atoms with Crippen LogP contribution in [0.1, 0.15) is 19.4 Å². The van der Waals surface area contributed by atoms with Crippen molar-refractivity contribution in [2.24, 2.45) is 0 Å². The van der Waals surface area contributed by atoms with E-state index in [0.717, 1.165) is 12.0 Å². The van der Waals surface area contributed by atoms with E-state index in [0.29, 0.717) is 5.69 Å². The van der Waals surface area contributed by atoms with Crippen molar-refractivity contribution in [1.29, 1.82) is 0 Å². The molecule has 0 aliphatic carbocycles. The first-order valence-electron chi connectivity index (χ1n) is 6.85. The summed E-state index contributed by atoms with van der Waals surface area (Å²) in [6, 6.07) is 11.0. The van der Waals surface area contributed by atoms with Crippen LogP contribution < -0.4 is 11.1 Å². The highest BCUT2D eigenvalue weighted by Gasteiger charge is 2.18. The van der Waals surface area contributed by atoms with Gasteiger partial charge in [-0.25, -0.2) is 8.42 Å². The molecule has 0 aromatic heterocycles. The van der Waals surface area contributed by atoms with Gasteiger partial charge in [-0.1, -0.05) is 19.1 Å². The molecular formula is C16H18N2O3S. The molecule has 0 unspecified atom stereocenters. The van der Waals surface area contributed by atoms with Crippen LogP contribution in [0.5, 0.6) is 0 Å². The van der Waals surface area contributed by atoms with E-state index >= 15 is 0 Å². The molecule has 2 rings (SSSR count). The van der Waals surface area contributed by atoms with Gasteiger partial charge in [0.2, 0.25) is 15.7 Å². The lowest BCUT2D eigenvalue weighted by Gasteiger charge is -2.10. The number of sulfone groups is 1. The van der Waals surface area contributed by atoms with Crippen LogP contribution in [-0.2, 0) is 21.1 Å². The number of hydrogen-bond donors (Lipinski definition) is 2. The number of nitrogens with one attached hydrogen (secondary N) is 1. The largest absolute Gasteiger partial charge is 0.397 e. The van der Waals surface area contributed by atoms with Crippen molar-refractivity contribution in [2.45, 2.75) is 30.1 Å². The van der Waals surface area contributed by atoms with E-state index in [1.807, 2.05) is 6.92 Å². The predicted molar refractivity (Wildman–Crippen MR) is 86.4 cm³/mol. The summed E-state index contributed by atoms with van der Waals surface area (Å²) in [4.78, 5) is 11.4. The monoisotopic (exact) mass is 318 g/mol. The molecule has 0 atom stereocenters. The number of carbonyl (C=O) groups excluding carboxylic acids is 1. The summed E-state index contributed by atoms with van der Waals surface area (Å²) in [6.45, 7) is 3.37. The van der Waals surface area contributed by atoms with E-state index in [2.05, 4.69) is 5.32 Å². The number of rotatable bonds is 4. The van der Waals surface area contributed by atoms with Gasteiger partial charge in [0.05, 0.1) is 21.2 Å². The number of anilines is 2. The standard InChI is InChI=1S/C16H18N2O3S/c1-3-12-4-6-13(7-5-12)22(20,21)14-8-9-16(15(17)10-14)18-11(2)19/h4-10H,3,17H2,1-2H3,(H,18,19). The molecule has 0 saturated carbocycles. The van der Waals surface area contributed by atoms with Gasteiger partial charge in [0.1, 0.15) is 0 Å². The Bertz CT molecular complexity index is 797. The van der Waals surface area contributed by atoms with Crippen molar-refractivity contribution < 1.29 is 13.2 Å². The molecule has 0 radical (unpaired) electrons. The highest BCUT2D eigenvalue weighted by atomic mass is 32.2. The van der Waals surface area contributed by atoms with Crippen LogP contribution in [0.15, 0.2) is 52.3 Å². The molecule has 0 aliphatic heterocycles. The Morgan fingerprint density at radius 3 is 2.18 bits per heavy atom. The summed E-state index contributed by atoms with van der Waals surface area (Å²) in [6.07, 6.45) is 0.846. The van der Waals surface area contributed by atoms with Crippen LogP contribution in [0, 0.1) is 0 Å². The smallest absolute Gasteiger partial charge is 0.221 e. The number of hydrogen-bond acceptors (Lipinski definition) is 4. The van der Waals surface area contributed by atoms with E-state index in [-0.39, 0.29) is 21.4 Å². The minimum atomic E-state index is -3.62. The molecule has 0 fully saturated rings. The Balaban J connectivity index is 2.40. The highest BCUT2D eigenvalue weighted by molar-refractivity contribution is 7.91. The van der Waals surface area contributed by atoms with Crippen LogP contribution in [-0.4, -0.2) is 14.3 Å². The first-order chi connectivity index (χ1) is 10.3. The molecule has 0 aliphatic rings. The second-order valence-corrected chi connectivity index (χ2v) is 6.88. The van der Waals surface area contributed by atoms with Gasteiger partial charge in [0.15, 0.2) is 0 Å². The maximum atomic E-state index is 12.6. The first-order valence-corrected chi connectivity index (χ1v) is 8.34. The van der Waals surface area contributed by atoms with Crippen LogP contribution in [0.4, 0.5) is 11.4 Å². The van der Waals surface area contributed by atoms with Crippen molar-refractivity contribution in [1.82, 2.24) is 0 Å². The summed E-state index contributed by atoms with van der Waals surface area (Å²) < 4.78 is 25.2. The van der Waals surface area contributed by atoms with Crippen molar-refractivity contribution in [2.75, 3.05) is 11.1 Å². The van der Waals surface area contributed by atoms with Crippen molar-refractivity contribution in [3.8, 4) is 0 Å². The Morgan fingerprint density at radius 2 is 1.68 bits per heavy atom. The zero-order valence-corrected chi connectivity index (χ0v) is 13.3. The van der Waals surface area contributed by atoms with Crippen LogP contribution in [0.2, 0.25) is 0 Å². The van der Waals surface area contributed by atoms with E-state index in [4.69, 9.17) is 5.73 Å². The molecule has 0 heterocycles. The van der Waals surface area contributed by atoms with Crippen molar-refractivity contribution >= 4 is 27.1 Å². The molecule has 5 nitrogen and oxygen atoms in total. The van der Waals surface area contributed by atoms with Gasteiger partial charge in [-0.2, -0.15) is 0 Å². The Labute approximate surface area is 130 Å². The van der Waals surface area contributed by atoms with E-state index in [9.17, 15) is 13.2 Å². The van der Waals surface area contributed by atoms with Crippen LogP contribution in [0.3, 0.4) is 0 Å². The quantitative estimate of drug-likeness (QED) is 0.848. The third-order valence-electron chi connectivity index (χ3n) is 3.29. The lowest BCUT2D eigenvalue weighted by molar-refractivity contribution is -0.114. The summed E-state index contributed by atoms with van der Waals surface area (Å²) in [7, 11) is -3.62. The maximum absolute atomic E-state index is 12.6. The summed E-state index contributed by atoms with van der Waals surface area (Å²) in [5.74, 6) is -0.266. The number of amides is 1. The molecule has 22 heavy (non-hydrogen) atoms. The normalized spacial score (nSPS) is 11.2. The van der Waals surface area contributed by atoms with Gasteiger partial charge >= 0.3 is 0 Å². The van der Waals surface area contributed by atoms with Crippen molar-refractivity contribution in [3.05, 3.63) is 48.0 Å². The van der Waals surface area contributed by atoms with Gasteiger partial charge in [0.25, 0.3) is 0 Å². The number of benzene rings is 2. The van der Waals surface area contributed by atoms with E-state index in [1.54, 1.807) is 24.3 Å². The molecule has 0 saturated heterocycles. The molecule has 0 spiro atoms. The Kier molecular flexibility index (Phi) is 4.51. The fourth-order valence-electron chi connectivity index (χ4n) is 2.05. The zero-order valence-electron chi connectivity index (χ0n) is 12.5. The van der Waals surface area contributed by atoms with E-state index in [1.165, 1.54) is 25.1 Å². The predicted octanol–water partition coefficient (Wildman–Crippen LogP) is 2.62. The van der Waals surface area contributed by atoms with E-state index < -0.39 is 9.84 Å². The molecule has 3 N–H and O–H groups in total. The second-order valence-electron chi connectivity index (χ2n) is 4.93. The van der Waals surface area contributed by atoms with Crippen LogP contribution >= 0.6 is 0 Å². The number of carbonyl (C=O) groups is 1. The zero-order chi connectivity index (χ0) is 16.3. The molecular weight excluding hydrogens is 300 g/mol. The molecule has 2 aromatic rings. The van der Waals surface area contributed by atoms with Crippen LogP contribution in [0.25, 0.3) is 0 Å². The molecule has 0 bridgehead atoms. The summed E-state index contributed by atoms with van der Waals surface area (Å²) in [5.41, 5.74) is 7.49. The number of nitrogens with two attached hydrogens (primary N) is 1. The summed E-state index contributed by atoms with van der Waals surface area (Å²) in [5, 5.41) is 2.55. The van der Waals surface area contributed by atoms with Crippen molar-refractivity contribution in [3.63, 3.8) is 0 Å². The van der Waals surface area contributed by atoms with Gasteiger partial charge in [-0.05, 0) is 42.3 Å². The molecule has 1 amide bonds. The van der Waals surface area contributed by atoms with Gasteiger partial charge in [-0.3, -0.25) is 4.79 Å². The lowest BCUT2D eigenvalue weighted by atomic mass is 10.2. The molecule has 6 heteroatoms. The summed E-state index contributed by atoms with van der Waals surface area (Å²) >= 11 is 0. The minimum Gasteiger partial charge on any atom is -0.397 e. The third kappa shape index (κ3) is 3.28. The minimum absolute atomic E-state index is 0.100. The number of nitrogen functional groups attached to an aromatic ring is 1. The van der Waals surface area contributed by atoms with Gasteiger partial charge in [-0.15, -0.1) is 0 Å². The fourth-order valence-corrected chi connectivity index (χ4v) is 3.35. The average Bonchev–Trinajstić information content (AvgIpc) is 2.49. The third-order valence-corrected chi connectivity index (χ3v) is 5.05. The second kappa shape index (κ2) is 6.19. The SMILES string of the molecule is CCc1ccc(S(=O)(=O)c2ccc(NC(C)=O)c(N)c2)cc1. The number of aryl methyl sites for hydroxylation is 1. The average molecular weight is 318 g/mol.